The maximum absolute atomic E-state index is 10.3. The van der Waals surface area contributed by atoms with E-state index in [1.807, 2.05) is 0 Å². The molecule has 0 aromatic carbocycles. The first-order valence-corrected chi connectivity index (χ1v) is 3.91. The highest BCUT2D eigenvalue weighted by Gasteiger charge is 2.08. The lowest BCUT2D eigenvalue weighted by molar-refractivity contribution is -0.385. The summed E-state index contributed by atoms with van der Waals surface area (Å²) < 4.78 is 0. The highest BCUT2D eigenvalue weighted by molar-refractivity contribution is 6.29. The third-order valence-electron chi connectivity index (χ3n) is 1.18. The number of nitro groups is 1. The van der Waals surface area contributed by atoms with Crippen molar-refractivity contribution >= 4 is 28.9 Å². The van der Waals surface area contributed by atoms with E-state index in [0.29, 0.717) is 5.69 Å². The highest BCUT2D eigenvalue weighted by atomic mass is 35.5. The van der Waals surface area contributed by atoms with Gasteiger partial charge in [0.15, 0.2) is 0 Å². The van der Waals surface area contributed by atoms with Crippen molar-refractivity contribution in [2.24, 2.45) is 0 Å². The van der Waals surface area contributed by atoms with Gasteiger partial charge in [-0.15, -0.1) is 11.6 Å². The summed E-state index contributed by atoms with van der Waals surface area (Å²) in [4.78, 5) is 13.5. The summed E-state index contributed by atoms with van der Waals surface area (Å²) in [6.45, 7) is 0. The molecule has 0 spiro atoms. The average molecular weight is 207 g/mol. The lowest BCUT2D eigenvalue weighted by atomic mass is 10.3. The van der Waals surface area contributed by atoms with Crippen molar-refractivity contribution in [3.63, 3.8) is 0 Å². The number of aromatic nitrogens is 1. The molecule has 0 amide bonds. The van der Waals surface area contributed by atoms with Crippen LogP contribution in [0.25, 0.3) is 0 Å². The largest absolute Gasteiger partial charge is 0.274 e. The molecule has 0 radical (unpaired) electrons. The fourth-order valence-electron chi connectivity index (χ4n) is 0.710. The molecule has 6 heteroatoms. The fourth-order valence-corrected chi connectivity index (χ4v) is 1.07. The van der Waals surface area contributed by atoms with E-state index in [1.165, 1.54) is 12.1 Å². The minimum absolute atomic E-state index is 0.0832. The molecule has 0 aliphatic carbocycles. The maximum atomic E-state index is 10.3. The maximum Gasteiger partial charge on any atom is 0.274 e. The molecule has 0 aliphatic heterocycles. The fraction of sp³-hybridized carbons (Fsp3) is 0.167. The number of alkyl halides is 1. The molecule has 0 aliphatic rings. The molecule has 1 heterocycles. The standard InChI is InChI=1S/C6H4Cl2N2O2/c7-3-4-1-5(10(11)12)2-6(8)9-4/h1-2H,3H2. The second-order valence-corrected chi connectivity index (χ2v) is 2.68. The highest BCUT2D eigenvalue weighted by Crippen LogP contribution is 2.18. The molecule has 1 rings (SSSR count). The van der Waals surface area contributed by atoms with Gasteiger partial charge in [0.1, 0.15) is 5.15 Å². The topological polar surface area (TPSA) is 56.0 Å². The predicted molar refractivity (Wildman–Crippen MR) is 45.5 cm³/mol. The van der Waals surface area contributed by atoms with Crippen LogP contribution in [0.2, 0.25) is 5.15 Å². The molecule has 1 aromatic heterocycles. The number of rotatable bonds is 2. The van der Waals surface area contributed by atoms with Gasteiger partial charge in [0.25, 0.3) is 5.69 Å². The quantitative estimate of drug-likeness (QED) is 0.323. The third kappa shape index (κ3) is 2.06. The minimum atomic E-state index is -0.538. The van der Waals surface area contributed by atoms with E-state index in [0.717, 1.165) is 0 Å². The van der Waals surface area contributed by atoms with Gasteiger partial charge in [-0.3, -0.25) is 10.1 Å². The van der Waals surface area contributed by atoms with Crippen LogP contribution >= 0.6 is 23.2 Å². The SMILES string of the molecule is O=[N+]([O-])c1cc(Cl)nc(CCl)c1. The van der Waals surface area contributed by atoms with Crippen LogP contribution in [0.5, 0.6) is 0 Å². The van der Waals surface area contributed by atoms with Gasteiger partial charge in [0.2, 0.25) is 0 Å². The normalized spacial score (nSPS) is 9.83. The van der Waals surface area contributed by atoms with Crippen molar-refractivity contribution in [3.05, 3.63) is 33.1 Å². The number of nitrogens with zero attached hydrogens (tertiary/aromatic N) is 2. The Morgan fingerprint density at radius 1 is 1.58 bits per heavy atom. The van der Waals surface area contributed by atoms with Crippen molar-refractivity contribution in [3.8, 4) is 0 Å². The van der Waals surface area contributed by atoms with Gasteiger partial charge in [-0.05, 0) is 0 Å². The summed E-state index contributed by atoms with van der Waals surface area (Å²) >= 11 is 10.9. The summed E-state index contributed by atoms with van der Waals surface area (Å²) in [6, 6.07) is 2.47. The number of pyridine rings is 1. The van der Waals surface area contributed by atoms with Gasteiger partial charge < -0.3 is 0 Å². The first-order valence-electron chi connectivity index (χ1n) is 3.00. The first-order chi connectivity index (χ1) is 5.63. The summed E-state index contributed by atoms with van der Waals surface area (Å²) in [6.07, 6.45) is 0. The Morgan fingerprint density at radius 3 is 2.75 bits per heavy atom. The predicted octanol–water partition coefficient (Wildman–Crippen LogP) is 2.38. The van der Waals surface area contributed by atoms with Crippen LogP contribution in [0, 0.1) is 10.1 Å². The van der Waals surface area contributed by atoms with Gasteiger partial charge in [-0.1, -0.05) is 11.6 Å². The van der Waals surface area contributed by atoms with Gasteiger partial charge in [0.05, 0.1) is 22.6 Å². The molecular weight excluding hydrogens is 203 g/mol. The van der Waals surface area contributed by atoms with E-state index < -0.39 is 4.92 Å². The zero-order chi connectivity index (χ0) is 9.14. The first kappa shape index (κ1) is 9.22. The summed E-state index contributed by atoms with van der Waals surface area (Å²) in [5.41, 5.74) is 0.307. The van der Waals surface area contributed by atoms with Crippen molar-refractivity contribution in [2.45, 2.75) is 5.88 Å². The molecule has 0 fully saturated rings. The second-order valence-electron chi connectivity index (χ2n) is 2.03. The Balaban J connectivity index is 3.15. The molecule has 4 nitrogen and oxygen atoms in total. The molecule has 0 saturated heterocycles. The Bertz CT molecular complexity index is 316. The van der Waals surface area contributed by atoms with Gasteiger partial charge in [-0.25, -0.2) is 4.98 Å². The van der Waals surface area contributed by atoms with Gasteiger partial charge >= 0.3 is 0 Å². The second kappa shape index (κ2) is 3.69. The van der Waals surface area contributed by atoms with E-state index in [1.54, 1.807) is 0 Å². The van der Waals surface area contributed by atoms with Gasteiger partial charge in [-0.2, -0.15) is 0 Å². The van der Waals surface area contributed by atoms with E-state index in [-0.39, 0.29) is 16.7 Å². The van der Waals surface area contributed by atoms with E-state index in [9.17, 15) is 10.1 Å². The molecule has 0 unspecified atom stereocenters. The van der Waals surface area contributed by atoms with Crippen molar-refractivity contribution in [1.29, 1.82) is 0 Å². The summed E-state index contributed by atoms with van der Waals surface area (Å²) in [7, 11) is 0. The van der Waals surface area contributed by atoms with Gasteiger partial charge in [0, 0.05) is 6.07 Å². The van der Waals surface area contributed by atoms with Crippen LogP contribution in [0.4, 0.5) is 5.69 Å². The minimum Gasteiger partial charge on any atom is -0.258 e. The van der Waals surface area contributed by atoms with Crippen molar-refractivity contribution < 1.29 is 4.92 Å². The molecule has 64 valence electrons. The number of hydrogen-bond donors (Lipinski definition) is 0. The third-order valence-corrected chi connectivity index (χ3v) is 1.65. The van der Waals surface area contributed by atoms with Crippen LogP contribution in [-0.4, -0.2) is 9.91 Å². The molecular formula is C6H4Cl2N2O2. The molecule has 0 bridgehead atoms. The number of halogens is 2. The Hall–Kier alpha value is -0.870. The Labute approximate surface area is 78.3 Å². The van der Waals surface area contributed by atoms with Crippen LogP contribution < -0.4 is 0 Å². The van der Waals surface area contributed by atoms with Crippen molar-refractivity contribution in [1.82, 2.24) is 4.98 Å². The van der Waals surface area contributed by atoms with Crippen LogP contribution in [0.3, 0.4) is 0 Å². The lowest BCUT2D eigenvalue weighted by Gasteiger charge is -1.95. The molecule has 0 N–H and O–H groups in total. The Morgan fingerprint density at radius 2 is 2.25 bits per heavy atom. The zero-order valence-electron chi connectivity index (χ0n) is 5.83. The summed E-state index contributed by atoms with van der Waals surface area (Å²) in [5, 5.41) is 10.4. The van der Waals surface area contributed by atoms with Crippen LogP contribution in [-0.2, 0) is 5.88 Å². The zero-order valence-corrected chi connectivity index (χ0v) is 7.34. The van der Waals surface area contributed by atoms with Crippen LogP contribution in [0.1, 0.15) is 5.69 Å². The van der Waals surface area contributed by atoms with E-state index >= 15 is 0 Å². The number of hydrogen-bond acceptors (Lipinski definition) is 3. The van der Waals surface area contributed by atoms with Crippen LogP contribution in [0.15, 0.2) is 12.1 Å². The lowest BCUT2D eigenvalue weighted by Crippen LogP contribution is -1.92. The Kier molecular flexibility index (Phi) is 2.83. The smallest absolute Gasteiger partial charge is 0.258 e. The van der Waals surface area contributed by atoms with E-state index in [2.05, 4.69) is 4.98 Å². The molecule has 12 heavy (non-hydrogen) atoms. The average Bonchev–Trinajstić information content (AvgIpc) is 2.03. The van der Waals surface area contributed by atoms with Crippen molar-refractivity contribution in [2.75, 3.05) is 0 Å². The molecule has 1 aromatic rings. The van der Waals surface area contributed by atoms with E-state index in [4.69, 9.17) is 23.2 Å². The monoisotopic (exact) mass is 206 g/mol. The molecule has 0 saturated carbocycles. The molecule has 0 atom stereocenters. The summed E-state index contributed by atoms with van der Waals surface area (Å²) in [5.74, 6) is 0.113.